The third-order valence-electron chi connectivity index (χ3n) is 3.29. The van der Waals surface area contributed by atoms with Gasteiger partial charge < -0.3 is 9.69 Å². The van der Waals surface area contributed by atoms with Crippen molar-refractivity contribution in [3.63, 3.8) is 0 Å². The zero-order valence-electron chi connectivity index (χ0n) is 13.5. The van der Waals surface area contributed by atoms with Gasteiger partial charge in [0.05, 0.1) is 6.57 Å². The SMILES string of the molecule is [C-]#[N+]C(C(=O)C(C)(C)C)=C1C=C(C)N(C(C)C)C(C)=C1. The lowest BCUT2D eigenvalue weighted by molar-refractivity contribution is -0.122. The minimum Gasteiger partial charge on any atom is -0.347 e. The Hall–Kier alpha value is -1.82. The van der Waals surface area contributed by atoms with Crippen LogP contribution < -0.4 is 0 Å². The van der Waals surface area contributed by atoms with Crippen molar-refractivity contribution in [2.75, 3.05) is 0 Å². The molecule has 0 aliphatic carbocycles. The van der Waals surface area contributed by atoms with Gasteiger partial charge in [0, 0.05) is 22.9 Å². The molecule has 3 nitrogen and oxygen atoms in total. The Morgan fingerprint density at radius 2 is 1.65 bits per heavy atom. The van der Waals surface area contributed by atoms with Crippen LogP contribution in [-0.4, -0.2) is 16.7 Å². The first-order valence-electron chi connectivity index (χ1n) is 6.92. The van der Waals surface area contributed by atoms with Crippen LogP contribution in [0.15, 0.2) is 34.8 Å². The summed E-state index contributed by atoms with van der Waals surface area (Å²) in [7, 11) is 0. The molecule has 0 saturated carbocycles. The van der Waals surface area contributed by atoms with Crippen molar-refractivity contribution in [2.24, 2.45) is 5.41 Å². The van der Waals surface area contributed by atoms with E-state index in [0.717, 1.165) is 17.0 Å². The van der Waals surface area contributed by atoms with Gasteiger partial charge in [-0.3, -0.25) is 0 Å². The topological polar surface area (TPSA) is 24.7 Å². The van der Waals surface area contributed by atoms with Gasteiger partial charge in [0.25, 0.3) is 0 Å². The molecule has 0 bridgehead atoms. The van der Waals surface area contributed by atoms with E-state index in [0.29, 0.717) is 6.04 Å². The number of hydrogen-bond acceptors (Lipinski definition) is 2. The summed E-state index contributed by atoms with van der Waals surface area (Å²) in [6, 6.07) is 0.360. The molecule has 1 aliphatic heterocycles. The van der Waals surface area contributed by atoms with E-state index in [1.807, 2.05) is 46.8 Å². The van der Waals surface area contributed by atoms with E-state index in [-0.39, 0.29) is 11.5 Å². The molecule has 0 aromatic carbocycles. The number of hydrogen-bond donors (Lipinski definition) is 0. The maximum atomic E-state index is 12.4. The smallest absolute Gasteiger partial charge is 0.236 e. The molecule has 0 radical (unpaired) electrons. The largest absolute Gasteiger partial charge is 0.347 e. The molecule has 0 atom stereocenters. The van der Waals surface area contributed by atoms with Gasteiger partial charge in [-0.25, -0.2) is 4.85 Å². The van der Waals surface area contributed by atoms with E-state index in [1.165, 1.54) is 0 Å². The normalized spacial score (nSPS) is 15.8. The summed E-state index contributed by atoms with van der Waals surface area (Å²) < 4.78 is 0. The van der Waals surface area contributed by atoms with Gasteiger partial charge in [0.1, 0.15) is 0 Å². The highest BCUT2D eigenvalue weighted by molar-refractivity contribution is 6.02. The highest BCUT2D eigenvalue weighted by Gasteiger charge is 2.28. The quantitative estimate of drug-likeness (QED) is 0.553. The van der Waals surface area contributed by atoms with Crippen LogP contribution in [0.3, 0.4) is 0 Å². The second-order valence-electron chi connectivity index (χ2n) is 6.53. The standard InChI is InChI=1S/C17H24N2O/c1-11(2)19-12(3)9-14(10-13(19)4)15(18-8)16(20)17(5,6)7/h9-11H,1-7H3. The predicted molar refractivity (Wildman–Crippen MR) is 82.6 cm³/mol. The number of carbonyl (C=O) groups is 1. The van der Waals surface area contributed by atoms with E-state index in [9.17, 15) is 4.79 Å². The minimum atomic E-state index is -0.536. The first-order valence-corrected chi connectivity index (χ1v) is 6.92. The third-order valence-corrected chi connectivity index (χ3v) is 3.29. The minimum absolute atomic E-state index is 0.103. The molecule has 0 spiro atoms. The van der Waals surface area contributed by atoms with Gasteiger partial charge in [0.2, 0.25) is 5.70 Å². The third kappa shape index (κ3) is 3.19. The number of allylic oxidation sites excluding steroid dienone is 6. The summed E-state index contributed by atoms with van der Waals surface area (Å²) in [5.74, 6) is -0.103. The Kier molecular flexibility index (Phi) is 4.60. The predicted octanol–water partition coefficient (Wildman–Crippen LogP) is 4.31. The lowest BCUT2D eigenvalue weighted by Gasteiger charge is -2.33. The fraction of sp³-hybridized carbons (Fsp3) is 0.529. The molecule has 1 heterocycles. The molecule has 20 heavy (non-hydrogen) atoms. The summed E-state index contributed by atoms with van der Waals surface area (Å²) in [5.41, 5.74) is 2.56. The molecule has 0 saturated heterocycles. The number of ketones is 1. The first kappa shape index (κ1) is 16.2. The molecule has 1 rings (SSSR count). The van der Waals surface area contributed by atoms with Gasteiger partial charge in [-0.2, -0.15) is 0 Å². The molecular weight excluding hydrogens is 248 g/mol. The average Bonchev–Trinajstić information content (AvgIpc) is 2.26. The Labute approximate surface area is 122 Å². The number of rotatable bonds is 2. The molecule has 0 aromatic rings. The van der Waals surface area contributed by atoms with Crippen LogP contribution in [0.4, 0.5) is 0 Å². The van der Waals surface area contributed by atoms with Crippen molar-refractivity contribution in [1.29, 1.82) is 0 Å². The second-order valence-corrected chi connectivity index (χ2v) is 6.53. The fourth-order valence-electron chi connectivity index (χ4n) is 2.46. The lowest BCUT2D eigenvalue weighted by Crippen LogP contribution is -2.29. The van der Waals surface area contributed by atoms with Crippen molar-refractivity contribution < 1.29 is 4.79 Å². The molecule has 0 aromatic heterocycles. The van der Waals surface area contributed by atoms with Gasteiger partial charge in [0.15, 0.2) is 5.78 Å². The molecule has 0 unspecified atom stereocenters. The number of carbonyl (C=O) groups excluding carboxylic acids is 1. The monoisotopic (exact) mass is 272 g/mol. The fourth-order valence-corrected chi connectivity index (χ4v) is 2.46. The van der Waals surface area contributed by atoms with Crippen molar-refractivity contribution in [1.82, 2.24) is 4.90 Å². The van der Waals surface area contributed by atoms with E-state index in [1.54, 1.807) is 0 Å². The summed E-state index contributed by atoms with van der Waals surface area (Å²) in [5, 5.41) is 0. The van der Waals surface area contributed by atoms with Crippen molar-refractivity contribution in [3.8, 4) is 0 Å². The van der Waals surface area contributed by atoms with Gasteiger partial charge in [-0.15, -0.1) is 0 Å². The maximum absolute atomic E-state index is 12.4. The van der Waals surface area contributed by atoms with Crippen LogP contribution in [0.5, 0.6) is 0 Å². The second kappa shape index (κ2) is 5.66. The van der Waals surface area contributed by atoms with Crippen LogP contribution in [0.1, 0.15) is 48.5 Å². The Bertz CT molecular complexity index is 527. The van der Waals surface area contributed by atoms with Gasteiger partial charge in [-0.1, -0.05) is 20.8 Å². The lowest BCUT2D eigenvalue weighted by atomic mass is 9.87. The molecular formula is C17H24N2O. The van der Waals surface area contributed by atoms with E-state index in [2.05, 4.69) is 23.6 Å². The summed E-state index contributed by atoms with van der Waals surface area (Å²) in [4.78, 5) is 18.1. The molecule has 0 fully saturated rings. The molecule has 0 N–H and O–H groups in total. The number of Topliss-reactive ketones (excluding diaryl/α,β-unsaturated/α-hetero) is 1. The summed E-state index contributed by atoms with van der Waals surface area (Å²) in [6.07, 6.45) is 3.87. The highest BCUT2D eigenvalue weighted by atomic mass is 16.1. The molecule has 3 heteroatoms. The molecule has 1 aliphatic rings. The molecule has 0 amide bonds. The van der Waals surface area contributed by atoms with Gasteiger partial charge >= 0.3 is 0 Å². The van der Waals surface area contributed by atoms with E-state index < -0.39 is 5.41 Å². The summed E-state index contributed by atoms with van der Waals surface area (Å²) in [6.45, 7) is 21.2. The Balaban J connectivity index is 3.37. The Morgan fingerprint density at radius 1 is 1.20 bits per heavy atom. The van der Waals surface area contributed by atoms with Crippen LogP contribution >= 0.6 is 0 Å². The zero-order chi connectivity index (χ0) is 15.7. The van der Waals surface area contributed by atoms with E-state index >= 15 is 0 Å². The van der Waals surface area contributed by atoms with Gasteiger partial charge in [-0.05, 0) is 45.4 Å². The van der Waals surface area contributed by atoms with Crippen LogP contribution in [0.2, 0.25) is 0 Å². The highest BCUT2D eigenvalue weighted by Crippen LogP contribution is 2.30. The van der Waals surface area contributed by atoms with Crippen molar-refractivity contribution in [3.05, 3.63) is 46.2 Å². The van der Waals surface area contributed by atoms with Crippen LogP contribution in [0, 0.1) is 12.0 Å². The average molecular weight is 272 g/mol. The van der Waals surface area contributed by atoms with Crippen molar-refractivity contribution >= 4 is 5.78 Å². The molecule has 108 valence electrons. The summed E-state index contributed by atoms with van der Waals surface area (Å²) >= 11 is 0. The van der Waals surface area contributed by atoms with E-state index in [4.69, 9.17) is 6.57 Å². The van der Waals surface area contributed by atoms with Crippen molar-refractivity contribution in [2.45, 2.75) is 54.5 Å². The van der Waals surface area contributed by atoms with Crippen LogP contribution in [0.25, 0.3) is 4.85 Å². The van der Waals surface area contributed by atoms with Crippen LogP contribution in [-0.2, 0) is 4.79 Å². The first-order chi connectivity index (χ1) is 9.09. The number of nitrogens with zero attached hydrogens (tertiary/aromatic N) is 2. The Morgan fingerprint density at radius 3 is 1.95 bits per heavy atom. The zero-order valence-corrected chi connectivity index (χ0v) is 13.5. The maximum Gasteiger partial charge on any atom is 0.236 e.